The summed E-state index contributed by atoms with van der Waals surface area (Å²) in [4.78, 5) is 17.1. The van der Waals surface area contributed by atoms with Gasteiger partial charge in [-0.3, -0.25) is 9.69 Å². The summed E-state index contributed by atoms with van der Waals surface area (Å²) in [5, 5.41) is 0. The predicted molar refractivity (Wildman–Crippen MR) is 116 cm³/mol. The van der Waals surface area contributed by atoms with Gasteiger partial charge in [-0.15, -0.1) is 0 Å². The average Bonchev–Trinajstić information content (AvgIpc) is 2.61. The van der Waals surface area contributed by atoms with Crippen LogP contribution in [0.2, 0.25) is 0 Å². The highest BCUT2D eigenvalue weighted by atomic mass is 79.9. The third kappa shape index (κ3) is 6.54. The van der Waals surface area contributed by atoms with E-state index in [0.29, 0.717) is 49.5 Å². The van der Waals surface area contributed by atoms with E-state index in [2.05, 4.69) is 48.5 Å². The van der Waals surface area contributed by atoms with E-state index in [0.717, 1.165) is 17.6 Å². The molecule has 0 atom stereocenters. The molecule has 0 aromatic heterocycles. The number of hydrogen-bond donors (Lipinski definition) is 0. The van der Waals surface area contributed by atoms with E-state index in [4.69, 9.17) is 0 Å². The van der Waals surface area contributed by atoms with E-state index < -0.39 is 10.0 Å². The van der Waals surface area contributed by atoms with E-state index >= 15 is 0 Å². The Morgan fingerprint density at radius 2 is 1.64 bits per heavy atom. The van der Waals surface area contributed by atoms with Gasteiger partial charge in [-0.1, -0.05) is 49.7 Å². The average molecular weight is 474 g/mol. The Balaban J connectivity index is 1.95. The molecule has 1 saturated heterocycles. The van der Waals surface area contributed by atoms with Crippen molar-refractivity contribution in [1.82, 2.24) is 14.1 Å². The molecule has 0 aliphatic carbocycles. The van der Waals surface area contributed by atoms with Crippen molar-refractivity contribution in [1.29, 1.82) is 0 Å². The summed E-state index contributed by atoms with van der Waals surface area (Å²) in [6.07, 6.45) is 0. The molecule has 1 amide bonds. The second-order valence-electron chi connectivity index (χ2n) is 8.22. The van der Waals surface area contributed by atoms with Gasteiger partial charge in [-0.2, -0.15) is 4.31 Å². The highest BCUT2D eigenvalue weighted by Crippen LogP contribution is 2.21. The van der Waals surface area contributed by atoms with Crippen LogP contribution in [0.1, 0.15) is 27.7 Å². The van der Waals surface area contributed by atoms with Crippen LogP contribution >= 0.6 is 15.9 Å². The third-order valence-corrected chi connectivity index (χ3v) is 7.04. The number of benzene rings is 1. The number of nitrogens with zero attached hydrogens (tertiary/aromatic N) is 3. The minimum atomic E-state index is -3.50. The molecule has 1 aromatic carbocycles. The van der Waals surface area contributed by atoms with E-state index in [1.54, 1.807) is 18.2 Å². The Hall–Kier alpha value is -0.960. The van der Waals surface area contributed by atoms with Gasteiger partial charge in [-0.05, 0) is 30.0 Å². The van der Waals surface area contributed by atoms with E-state index in [1.165, 1.54) is 4.31 Å². The van der Waals surface area contributed by atoms with Crippen molar-refractivity contribution in [3.8, 4) is 0 Å². The van der Waals surface area contributed by atoms with Gasteiger partial charge in [0.05, 0.1) is 11.4 Å². The maximum atomic E-state index is 12.8. The van der Waals surface area contributed by atoms with E-state index in [-0.39, 0.29) is 5.91 Å². The van der Waals surface area contributed by atoms with Gasteiger partial charge < -0.3 is 4.90 Å². The third-order valence-electron chi connectivity index (χ3n) is 4.65. The van der Waals surface area contributed by atoms with Crippen molar-refractivity contribution in [2.24, 2.45) is 11.8 Å². The molecule has 8 heteroatoms. The zero-order valence-electron chi connectivity index (χ0n) is 17.3. The maximum Gasteiger partial charge on any atom is 0.243 e. The van der Waals surface area contributed by atoms with Gasteiger partial charge in [0.1, 0.15) is 0 Å². The molecule has 0 unspecified atom stereocenters. The smallest absolute Gasteiger partial charge is 0.243 e. The van der Waals surface area contributed by atoms with Gasteiger partial charge in [0, 0.05) is 43.7 Å². The highest BCUT2D eigenvalue weighted by molar-refractivity contribution is 9.10. The summed E-state index contributed by atoms with van der Waals surface area (Å²) in [6, 6.07) is 6.78. The summed E-state index contributed by atoms with van der Waals surface area (Å²) in [5.41, 5.74) is 0. The number of hydrogen-bond acceptors (Lipinski definition) is 4. The number of amides is 1. The lowest BCUT2D eigenvalue weighted by Gasteiger charge is -2.35. The lowest BCUT2D eigenvalue weighted by Crippen LogP contribution is -2.52. The van der Waals surface area contributed by atoms with Crippen LogP contribution in [0, 0.1) is 11.8 Å². The Kier molecular flexibility index (Phi) is 8.48. The molecule has 1 heterocycles. The molecule has 0 bridgehead atoms. The summed E-state index contributed by atoms with van der Waals surface area (Å²) in [7, 11) is -3.50. The van der Waals surface area contributed by atoms with Crippen LogP contribution in [0.25, 0.3) is 0 Å². The monoisotopic (exact) mass is 473 g/mol. The molecule has 1 fully saturated rings. The first-order chi connectivity index (χ1) is 13.1. The Morgan fingerprint density at radius 1 is 1.07 bits per heavy atom. The number of rotatable bonds is 8. The standard InChI is InChI=1S/C20H32BrN3O3S/c1-16(2)13-23(14-17(3)4)20(25)15-22-8-10-24(11-9-22)28(26,27)19-7-5-6-18(21)12-19/h5-7,12,16-17H,8-11,13-15H2,1-4H3. The number of carbonyl (C=O) groups excluding carboxylic acids is 1. The van der Waals surface area contributed by atoms with Gasteiger partial charge in [0.2, 0.25) is 15.9 Å². The molecule has 1 aliphatic rings. The van der Waals surface area contributed by atoms with Crippen LogP contribution in [-0.4, -0.2) is 74.2 Å². The molecule has 0 radical (unpaired) electrons. The van der Waals surface area contributed by atoms with Crippen LogP contribution < -0.4 is 0 Å². The molecule has 158 valence electrons. The first-order valence-electron chi connectivity index (χ1n) is 9.85. The van der Waals surface area contributed by atoms with Crippen LogP contribution in [0.3, 0.4) is 0 Å². The van der Waals surface area contributed by atoms with Crippen LogP contribution in [0.5, 0.6) is 0 Å². The quantitative estimate of drug-likeness (QED) is 0.582. The molecular formula is C20H32BrN3O3S. The number of carbonyl (C=O) groups is 1. The van der Waals surface area contributed by atoms with Crippen LogP contribution in [-0.2, 0) is 14.8 Å². The second kappa shape index (κ2) is 10.2. The summed E-state index contributed by atoms with van der Waals surface area (Å²) in [5.74, 6) is 0.982. The van der Waals surface area contributed by atoms with Crippen molar-refractivity contribution in [3.05, 3.63) is 28.7 Å². The first-order valence-corrected chi connectivity index (χ1v) is 12.1. The second-order valence-corrected chi connectivity index (χ2v) is 11.1. The Labute approximate surface area is 178 Å². The van der Waals surface area contributed by atoms with Crippen LogP contribution in [0.15, 0.2) is 33.6 Å². The predicted octanol–water partition coefficient (Wildman–Crippen LogP) is 2.90. The highest BCUT2D eigenvalue weighted by Gasteiger charge is 2.30. The Bertz CT molecular complexity index is 750. The van der Waals surface area contributed by atoms with Crippen molar-refractivity contribution in [2.75, 3.05) is 45.8 Å². The van der Waals surface area contributed by atoms with Gasteiger partial charge in [0.25, 0.3) is 0 Å². The van der Waals surface area contributed by atoms with E-state index in [9.17, 15) is 13.2 Å². The summed E-state index contributed by atoms with van der Waals surface area (Å²) >= 11 is 3.33. The molecule has 0 spiro atoms. The molecule has 28 heavy (non-hydrogen) atoms. The zero-order chi connectivity index (χ0) is 20.9. The van der Waals surface area contributed by atoms with Crippen molar-refractivity contribution < 1.29 is 13.2 Å². The fourth-order valence-corrected chi connectivity index (χ4v) is 5.37. The van der Waals surface area contributed by atoms with E-state index in [1.807, 2.05) is 11.0 Å². The van der Waals surface area contributed by atoms with Gasteiger partial charge in [0.15, 0.2) is 0 Å². The van der Waals surface area contributed by atoms with Crippen molar-refractivity contribution in [2.45, 2.75) is 32.6 Å². The normalized spacial score (nSPS) is 16.7. The molecule has 0 N–H and O–H groups in total. The minimum Gasteiger partial charge on any atom is -0.341 e. The molecule has 1 aromatic rings. The lowest BCUT2D eigenvalue weighted by molar-refractivity contribution is -0.133. The maximum absolute atomic E-state index is 12.8. The Morgan fingerprint density at radius 3 is 2.14 bits per heavy atom. The van der Waals surface area contributed by atoms with Crippen LogP contribution in [0.4, 0.5) is 0 Å². The number of halogens is 1. The molecule has 0 saturated carbocycles. The number of sulfonamides is 1. The minimum absolute atomic E-state index is 0.130. The van der Waals surface area contributed by atoms with Crippen molar-refractivity contribution in [3.63, 3.8) is 0 Å². The molecule has 6 nitrogen and oxygen atoms in total. The summed E-state index contributed by atoms with van der Waals surface area (Å²) in [6.45, 7) is 12.3. The van der Waals surface area contributed by atoms with Gasteiger partial charge in [-0.25, -0.2) is 8.42 Å². The van der Waals surface area contributed by atoms with Crippen molar-refractivity contribution >= 4 is 31.9 Å². The zero-order valence-corrected chi connectivity index (χ0v) is 19.7. The van der Waals surface area contributed by atoms with Gasteiger partial charge >= 0.3 is 0 Å². The summed E-state index contributed by atoms with van der Waals surface area (Å²) < 4.78 is 27.9. The fraction of sp³-hybridized carbons (Fsp3) is 0.650. The fourth-order valence-electron chi connectivity index (χ4n) is 3.36. The topological polar surface area (TPSA) is 60.9 Å². The molecule has 2 rings (SSSR count). The molecule has 1 aliphatic heterocycles. The molecular weight excluding hydrogens is 442 g/mol. The largest absolute Gasteiger partial charge is 0.341 e. The first kappa shape index (κ1) is 23.3. The number of piperazine rings is 1. The SMILES string of the molecule is CC(C)CN(CC(C)C)C(=O)CN1CCN(S(=O)(=O)c2cccc(Br)c2)CC1. The lowest BCUT2D eigenvalue weighted by atomic mass is 10.1.